The Hall–Kier alpha value is -2.85. The first kappa shape index (κ1) is 14.1. The summed E-state index contributed by atoms with van der Waals surface area (Å²) in [5.74, 6) is -0.446. The number of nitrogens with one attached hydrogen (secondary N) is 2. The lowest BCUT2D eigenvalue weighted by atomic mass is 9.84. The number of aromatic nitrogens is 2. The summed E-state index contributed by atoms with van der Waals surface area (Å²) in [6.45, 7) is 1.94. The molecule has 110 valence electrons. The number of nitrogens with zero attached hydrogens (tertiary/aromatic N) is 1. The van der Waals surface area contributed by atoms with Gasteiger partial charge in [-0.3, -0.25) is 9.78 Å². The van der Waals surface area contributed by atoms with Crippen LogP contribution in [0.5, 0.6) is 5.88 Å². The average molecular weight is 312 g/mol. The highest BCUT2D eigenvalue weighted by atomic mass is 32.1. The van der Waals surface area contributed by atoms with Crippen LogP contribution >= 0.6 is 12.2 Å². The Kier molecular flexibility index (Phi) is 3.31. The van der Waals surface area contributed by atoms with E-state index in [1.54, 1.807) is 0 Å². The summed E-state index contributed by atoms with van der Waals surface area (Å²) in [5, 5.41) is 9.42. The fourth-order valence-corrected chi connectivity index (χ4v) is 2.76. The molecule has 0 saturated carbocycles. The molecule has 0 fully saturated rings. The van der Waals surface area contributed by atoms with Crippen LogP contribution in [0.1, 0.15) is 22.6 Å². The summed E-state index contributed by atoms with van der Waals surface area (Å²) in [7, 11) is 0. The predicted octanol–water partition coefficient (Wildman–Crippen LogP) is 1.96. The lowest BCUT2D eigenvalue weighted by molar-refractivity contribution is 0.374. The van der Waals surface area contributed by atoms with Crippen molar-refractivity contribution in [2.75, 3.05) is 0 Å². The summed E-state index contributed by atoms with van der Waals surface area (Å²) < 4.78 is 5.51. The zero-order valence-corrected chi connectivity index (χ0v) is 12.5. The number of nitrogens with two attached hydrogens (primary N) is 1. The van der Waals surface area contributed by atoms with Gasteiger partial charge < -0.3 is 15.5 Å². The Morgan fingerprint density at radius 1 is 1.41 bits per heavy atom. The summed E-state index contributed by atoms with van der Waals surface area (Å²) >= 11 is 4.94. The highest BCUT2D eigenvalue weighted by Gasteiger charge is 2.33. The van der Waals surface area contributed by atoms with Crippen molar-refractivity contribution in [2.45, 2.75) is 12.8 Å². The molecule has 7 heteroatoms. The third-order valence-corrected chi connectivity index (χ3v) is 3.70. The average Bonchev–Trinajstić information content (AvgIpc) is 2.45. The molecule has 22 heavy (non-hydrogen) atoms. The van der Waals surface area contributed by atoms with Gasteiger partial charge in [0.15, 0.2) is 4.77 Å². The maximum Gasteiger partial charge on any atom is 0.259 e. The molecule has 1 aliphatic heterocycles. The highest BCUT2D eigenvalue weighted by Crippen LogP contribution is 2.38. The second-order valence-electron chi connectivity index (χ2n) is 4.99. The molecule has 1 aromatic heterocycles. The van der Waals surface area contributed by atoms with Crippen molar-refractivity contribution in [3.63, 3.8) is 0 Å². The number of nitriles is 1. The minimum absolute atomic E-state index is 0.0299. The van der Waals surface area contributed by atoms with E-state index in [9.17, 15) is 10.1 Å². The molecule has 1 aliphatic rings. The minimum Gasteiger partial charge on any atom is -0.424 e. The van der Waals surface area contributed by atoms with Crippen molar-refractivity contribution < 1.29 is 4.74 Å². The predicted molar refractivity (Wildman–Crippen MR) is 82.7 cm³/mol. The van der Waals surface area contributed by atoms with E-state index >= 15 is 0 Å². The van der Waals surface area contributed by atoms with Gasteiger partial charge in [0.05, 0.1) is 11.5 Å². The first-order valence-electron chi connectivity index (χ1n) is 6.52. The normalized spacial score (nSPS) is 16.6. The van der Waals surface area contributed by atoms with Crippen molar-refractivity contribution in [2.24, 2.45) is 5.73 Å². The van der Waals surface area contributed by atoms with Gasteiger partial charge in [-0.25, -0.2) is 0 Å². The Labute approximate surface area is 130 Å². The van der Waals surface area contributed by atoms with Gasteiger partial charge in [0.25, 0.3) is 5.56 Å². The van der Waals surface area contributed by atoms with Crippen molar-refractivity contribution >= 4 is 12.2 Å². The molecule has 6 nitrogen and oxygen atoms in total. The summed E-state index contributed by atoms with van der Waals surface area (Å²) in [4.78, 5) is 17.6. The summed E-state index contributed by atoms with van der Waals surface area (Å²) in [6.07, 6.45) is 0. The topological polar surface area (TPSA) is 108 Å². The summed E-state index contributed by atoms with van der Waals surface area (Å²) in [5.41, 5.74) is 7.75. The molecular formula is C15H12N4O2S. The largest absolute Gasteiger partial charge is 0.424 e. The first-order valence-corrected chi connectivity index (χ1v) is 6.92. The quantitative estimate of drug-likeness (QED) is 0.698. The van der Waals surface area contributed by atoms with Crippen LogP contribution in [0, 0.1) is 23.0 Å². The summed E-state index contributed by atoms with van der Waals surface area (Å²) in [6, 6.07) is 9.60. The smallest absolute Gasteiger partial charge is 0.259 e. The number of aryl methyl sites for hydroxylation is 1. The molecule has 4 N–H and O–H groups in total. The van der Waals surface area contributed by atoms with Gasteiger partial charge >= 0.3 is 0 Å². The molecule has 0 radical (unpaired) electrons. The van der Waals surface area contributed by atoms with Gasteiger partial charge in [-0.2, -0.15) is 5.26 Å². The molecule has 1 aromatic carbocycles. The molecule has 0 bridgehead atoms. The van der Waals surface area contributed by atoms with Crippen LogP contribution in [0.15, 0.2) is 40.5 Å². The van der Waals surface area contributed by atoms with E-state index in [-0.39, 0.29) is 22.1 Å². The van der Waals surface area contributed by atoms with E-state index in [4.69, 9.17) is 22.7 Å². The van der Waals surface area contributed by atoms with Gasteiger partial charge in [-0.1, -0.05) is 29.8 Å². The number of aromatic amines is 2. The van der Waals surface area contributed by atoms with E-state index in [1.807, 2.05) is 37.3 Å². The molecule has 0 saturated heterocycles. The fraction of sp³-hybridized carbons (Fsp3) is 0.133. The monoisotopic (exact) mass is 312 g/mol. The number of benzene rings is 1. The van der Waals surface area contributed by atoms with Gasteiger partial charge in [-0.05, 0) is 24.7 Å². The zero-order valence-electron chi connectivity index (χ0n) is 11.6. The lowest BCUT2D eigenvalue weighted by Crippen LogP contribution is -2.28. The SMILES string of the molecule is Cc1cccc([C@H]2C(C#N)=C(N)Oc3[nH]c(=S)[nH]c(=O)c32)c1. The number of hydrogen-bond acceptors (Lipinski definition) is 5. The first-order chi connectivity index (χ1) is 10.5. The molecule has 0 amide bonds. The second kappa shape index (κ2) is 5.16. The highest BCUT2D eigenvalue weighted by molar-refractivity contribution is 7.71. The number of allylic oxidation sites excluding steroid dienone is 1. The molecule has 0 aliphatic carbocycles. The van der Waals surface area contributed by atoms with Crippen molar-refractivity contribution in [1.82, 2.24) is 9.97 Å². The van der Waals surface area contributed by atoms with Crippen LogP contribution in [0.2, 0.25) is 0 Å². The number of H-pyrrole nitrogens is 2. The molecule has 0 unspecified atom stereocenters. The van der Waals surface area contributed by atoms with Gasteiger partial charge in [-0.15, -0.1) is 0 Å². The van der Waals surface area contributed by atoms with Crippen LogP contribution in [0.3, 0.4) is 0 Å². The molecule has 2 aromatic rings. The van der Waals surface area contributed by atoms with Crippen LogP contribution in [0.25, 0.3) is 0 Å². The Balaban J connectivity index is 2.34. The van der Waals surface area contributed by atoms with Crippen LogP contribution < -0.4 is 16.0 Å². The third kappa shape index (κ3) is 2.19. The van der Waals surface area contributed by atoms with Crippen molar-refractivity contribution in [3.8, 4) is 11.9 Å². The molecule has 1 atom stereocenters. The van der Waals surface area contributed by atoms with E-state index in [2.05, 4.69) is 9.97 Å². The fourth-order valence-electron chi connectivity index (χ4n) is 2.57. The van der Waals surface area contributed by atoms with Gasteiger partial charge in [0.2, 0.25) is 11.8 Å². The minimum atomic E-state index is -0.593. The van der Waals surface area contributed by atoms with E-state index in [0.717, 1.165) is 11.1 Å². The number of ether oxygens (including phenoxy) is 1. The maximum absolute atomic E-state index is 12.3. The lowest BCUT2D eigenvalue weighted by Gasteiger charge is -2.25. The van der Waals surface area contributed by atoms with Crippen LogP contribution in [-0.2, 0) is 0 Å². The number of rotatable bonds is 1. The van der Waals surface area contributed by atoms with Gasteiger partial charge in [0, 0.05) is 0 Å². The van der Waals surface area contributed by atoms with Crippen LogP contribution in [-0.4, -0.2) is 9.97 Å². The molecular weight excluding hydrogens is 300 g/mol. The van der Waals surface area contributed by atoms with Crippen molar-refractivity contribution in [1.29, 1.82) is 5.26 Å². The van der Waals surface area contributed by atoms with E-state index in [0.29, 0.717) is 5.56 Å². The van der Waals surface area contributed by atoms with Crippen molar-refractivity contribution in [3.05, 3.63) is 67.5 Å². The van der Waals surface area contributed by atoms with E-state index in [1.165, 1.54) is 0 Å². The third-order valence-electron chi connectivity index (χ3n) is 3.49. The standard InChI is InChI=1S/C15H12N4O2S/c1-7-3-2-4-8(5-7)10-9(6-16)12(17)21-14-11(10)13(20)18-15(22)19-14/h2-5,10H,17H2,1H3,(H2,18,19,20,22)/t10-/m0/s1. The van der Waals surface area contributed by atoms with E-state index < -0.39 is 11.5 Å². The number of hydrogen-bond donors (Lipinski definition) is 3. The molecule has 2 heterocycles. The Morgan fingerprint density at radius 3 is 2.86 bits per heavy atom. The Morgan fingerprint density at radius 2 is 2.18 bits per heavy atom. The molecule has 3 rings (SSSR count). The number of fused-ring (bicyclic) bond motifs is 1. The van der Waals surface area contributed by atoms with Crippen LogP contribution in [0.4, 0.5) is 0 Å². The van der Waals surface area contributed by atoms with Gasteiger partial charge in [0.1, 0.15) is 11.6 Å². The maximum atomic E-state index is 12.3. The Bertz CT molecular complexity index is 949. The second-order valence-corrected chi connectivity index (χ2v) is 5.40. The molecule has 0 spiro atoms. The zero-order chi connectivity index (χ0) is 15.9.